The van der Waals surface area contributed by atoms with Crippen LogP contribution in [0.25, 0.3) is 0 Å². The largest absolute Gasteiger partial charge is 1.00 e. The summed E-state index contributed by atoms with van der Waals surface area (Å²) in [6, 6.07) is 0. The molecule has 1 saturated heterocycles. The first-order valence-electron chi connectivity index (χ1n) is 7.65. The van der Waals surface area contributed by atoms with E-state index in [1.54, 1.807) is 7.05 Å². The normalized spacial score (nSPS) is 16.4. The molecule has 1 unspecified atom stereocenters. The molecule has 1 aliphatic rings. The van der Waals surface area contributed by atoms with Crippen molar-refractivity contribution in [3.05, 3.63) is 0 Å². The van der Waals surface area contributed by atoms with Crippen molar-refractivity contribution in [2.75, 3.05) is 59.4 Å². The molecule has 1 fully saturated rings. The smallest absolute Gasteiger partial charge is 0.810 e. The van der Waals surface area contributed by atoms with E-state index in [1.165, 1.54) is 11.4 Å². The molecule has 2 N–H and O–H groups in total. The fourth-order valence-corrected chi connectivity index (χ4v) is 3.44. The predicted octanol–water partition coefficient (Wildman–Crippen LogP) is -2.57. The van der Waals surface area contributed by atoms with Gasteiger partial charge in [0.15, 0.2) is 0 Å². The van der Waals surface area contributed by atoms with Crippen LogP contribution in [0.4, 0.5) is 0 Å². The molecule has 1 rings (SSSR count). The van der Waals surface area contributed by atoms with Gasteiger partial charge in [0.1, 0.15) is 6.61 Å². The zero-order valence-electron chi connectivity index (χ0n) is 15.5. The van der Waals surface area contributed by atoms with Crippen LogP contribution in [-0.2, 0) is 14.3 Å². The average Bonchev–Trinajstić information content (AvgIpc) is 2.59. The summed E-state index contributed by atoms with van der Waals surface area (Å²) in [7, 11) is 1.20. The van der Waals surface area contributed by atoms with Gasteiger partial charge in [-0.15, -0.1) is 11.4 Å². The number of esters is 1. The van der Waals surface area contributed by atoms with E-state index in [9.17, 15) is 9.69 Å². The summed E-state index contributed by atoms with van der Waals surface area (Å²) in [6.07, 6.45) is 0.768. The molecule has 0 saturated carbocycles. The Morgan fingerprint density at radius 3 is 2.54 bits per heavy atom. The van der Waals surface area contributed by atoms with Crippen molar-refractivity contribution in [2.45, 2.75) is 20.3 Å². The van der Waals surface area contributed by atoms with Crippen LogP contribution in [0.2, 0.25) is 0 Å². The first kappa shape index (κ1) is 27.9. The molecule has 7 nitrogen and oxygen atoms in total. The summed E-state index contributed by atoms with van der Waals surface area (Å²) in [4.78, 5) is 25.6. The van der Waals surface area contributed by atoms with Crippen molar-refractivity contribution < 1.29 is 75.7 Å². The number of rotatable bonds is 9. The van der Waals surface area contributed by atoms with E-state index in [0.29, 0.717) is 12.4 Å². The second-order valence-electron chi connectivity index (χ2n) is 5.54. The molecule has 0 aliphatic carbocycles. The van der Waals surface area contributed by atoms with E-state index in [4.69, 9.17) is 14.6 Å². The van der Waals surface area contributed by atoms with Crippen molar-refractivity contribution in [3.8, 4) is 0 Å². The van der Waals surface area contributed by atoms with E-state index in [1.807, 2.05) is 13.8 Å². The van der Waals surface area contributed by atoms with Gasteiger partial charge in [-0.25, -0.2) is 0 Å². The zero-order chi connectivity index (χ0) is 17.7. The van der Waals surface area contributed by atoms with Gasteiger partial charge in [-0.05, 0) is 33.9 Å². The second kappa shape index (κ2) is 16.8. The maximum Gasteiger partial charge on any atom is 1.00 e. The third kappa shape index (κ3) is 12.9. The van der Waals surface area contributed by atoms with E-state index >= 15 is 0 Å². The van der Waals surface area contributed by atoms with Crippen LogP contribution in [-0.4, -0.2) is 75.3 Å². The van der Waals surface area contributed by atoms with Gasteiger partial charge in [-0.1, -0.05) is 7.50 Å². The molecule has 0 spiro atoms. The number of carbonyl (C=O) groups excluding carboxylic acids is 1. The fraction of sp³-hybridized carbons (Fsp3) is 0.929. The van der Waals surface area contributed by atoms with Gasteiger partial charge in [0.2, 0.25) is 0 Å². The molecule has 1 atom stereocenters. The van der Waals surface area contributed by atoms with E-state index in [2.05, 4.69) is 9.99 Å². The molecule has 0 aromatic rings. The summed E-state index contributed by atoms with van der Waals surface area (Å²) in [5.41, 5.74) is -0.492. The molecular weight excluding hydrogens is 378 g/mol. The van der Waals surface area contributed by atoms with Gasteiger partial charge in [-0.3, -0.25) is 9.69 Å². The van der Waals surface area contributed by atoms with Crippen molar-refractivity contribution in [3.63, 3.8) is 0 Å². The van der Waals surface area contributed by atoms with Gasteiger partial charge in [0, 0.05) is 26.0 Å². The van der Waals surface area contributed by atoms with Crippen LogP contribution in [0.5, 0.6) is 0 Å². The number of carbonyl (C=O) groups is 1. The van der Waals surface area contributed by atoms with E-state index in [-0.39, 0.29) is 57.4 Å². The third-order valence-electron chi connectivity index (χ3n) is 3.42. The van der Waals surface area contributed by atoms with E-state index in [0.717, 1.165) is 46.4 Å². The van der Waals surface area contributed by atoms with Crippen LogP contribution in [0.15, 0.2) is 0 Å². The number of hydrogen-bond donors (Lipinski definition) is 2. The standard InChI is InChI=1S/C13H26N2O4PS.CH4O.K/c1-13(2,4-5-15-6-8-18-9-7-15)12(16)19-10-11-21-20(17)14-3;1-2;/h14H,4-11H2,1-3H3;2H,1H3;/q-1;;+1. The second-order valence-corrected chi connectivity index (χ2v) is 8.94. The van der Waals surface area contributed by atoms with Crippen LogP contribution in [0.1, 0.15) is 20.3 Å². The Morgan fingerprint density at radius 2 is 2.00 bits per heavy atom. The van der Waals surface area contributed by atoms with Gasteiger partial charge in [0.25, 0.3) is 0 Å². The number of morpholine rings is 1. The topological polar surface area (TPSA) is 94.1 Å². The van der Waals surface area contributed by atoms with Crippen LogP contribution >= 0.6 is 18.9 Å². The molecule has 0 bridgehead atoms. The predicted molar refractivity (Wildman–Crippen MR) is 93.2 cm³/mol. The molecule has 10 heteroatoms. The minimum absolute atomic E-state index is 0. The zero-order valence-corrected chi connectivity index (χ0v) is 20.4. The Kier molecular flexibility index (Phi) is 19.6. The van der Waals surface area contributed by atoms with Crippen molar-refractivity contribution >= 4 is 24.9 Å². The summed E-state index contributed by atoms with van der Waals surface area (Å²) in [5, 5.41) is 9.66. The number of ether oxygens (including phenoxy) is 2. The molecule has 0 aromatic heterocycles. The number of aliphatic hydroxyl groups is 1. The fourth-order valence-electron chi connectivity index (χ4n) is 1.88. The Balaban J connectivity index is 0. The van der Waals surface area contributed by atoms with Crippen molar-refractivity contribution in [1.29, 1.82) is 0 Å². The SMILES string of the molecule is CNP([O-])SCCOC(=O)C(C)(C)CCN1CCOCC1.CO.[K+]. The molecule has 1 aliphatic heterocycles. The number of hydrogen-bond acceptors (Lipinski definition) is 8. The van der Waals surface area contributed by atoms with Gasteiger partial charge in [0.05, 0.1) is 18.6 Å². The molecule has 0 aromatic carbocycles. The molecule has 24 heavy (non-hydrogen) atoms. The molecular formula is C14H30KN2O5PS. The summed E-state index contributed by atoms with van der Waals surface area (Å²) in [5.74, 6) is 0.359. The Hall–Kier alpha value is 1.69. The van der Waals surface area contributed by atoms with Crippen molar-refractivity contribution in [1.82, 2.24) is 9.99 Å². The first-order chi connectivity index (χ1) is 11.0. The first-order valence-corrected chi connectivity index (χ1v) is 10.5. The molecule has 1 heterocycles. The van der Waals surface area contributed by atoms with E-state index < -0.39 is 12.9 Å². The average molecular weight is 409 g/mol. The quantitative estimate of drug-likeness (QED) is 0.186. The third-order valence-corrected chi connectivity index (χ3v) is 6.16. The summed E-state index contributed by atoms with van der Waals surface area (Å²) < 4.78 is 10.6. The molecule has 0 radical (unpaired) electrons. The number of nitrogens with one attached hydrogen (secondary N) is 1. The number of aliphatic hydroxyl groups excluding tert-OH is 1. The maximum absolute atomic E-state index is 12.1. The Bertz CT molecular complexity index is 324. The van der Waals surface area contributed by atoms with Gasteiger partial charge in [-0.2, -0.15) is 0 Å². The molecule has 138 valence electrons. The minimum Gasteiger partial charge on any atom is -0.810 e. The van der Waals surface area contributed by atoms with Crippen LogP contribution < -0.4 is 61.4 Å². The maximum atomic E-state index is 12.1. The summed E-state index contributed by atoms with van der Waals surface area (Å²) >= 11 is 1.26. The van der Waals surface area contributed by atoms with Gasteiger partial charge < -0.3 is 24.6 Å². The summed E-state index contributed by atoms with van der Waals surface area (Å²) in [6.45, 7) is 8.40. The Morgan fingerprint density at radius 1 is 1.42 bits per heavy atom. The Labute approximate surface area is 193 Å². The molecule has 0 amide bonds. The minimum atomic E-state index is -1.45. The van der Waals surface area contributed by atoms with Crippen LogP contribution in [0.3, 0.4) is 0 Å². The van der Waals surface area contributed by atoms with Crippen molar-refractivity contribution in [2.24, 2.45) is 5.41 Å². The monoisotopic (exact) mass is 408 g/mol. The van der Waals surface area contributed by atoms with Gasteiger partial charge >= 0.3 is 57.4 Å². The number of nitrogens with zero attached hydrogens (tertiary/aromatic N) is 1. The van der Waals surface area contributed by atoms with Crippen LogP contribution in [0, 0.1) is 5.41 Å².